The molecular weight excluding hydrogens is 262 g/mol. The largest absolute Gasteiger partial charge is 0.307 e. The number of nitrogens with one attached hydrogen (secondary N) is 1. The molecule has 0 spiro atoms. The van der Waals surface area contributed by atoms with Gasteiger partial charge in [-0.25, -0.2) is 0 Å². The average Bonchev–Trinajstić information content (AvgIpc) is 2.87. The van der Waals surface area contributed by atoms with Crippen molar-refractivity contribution in [1.82, 2.24) is 24.9 Å². The van der Waals surface area contributed by atoms with Gasteiger partial charge in [0.2, 0.25) is 0 Å². The molecule has 0 aliphatic heterocycles. The summed E-state index contributed by atoms with van der Waals surface area (Å²) in [5, 5.41) is 12.1. The van der Waals surface area contributed by atoms with Crippen molar-refractivity contribution in [1.29, 1.82) is 0 Å². The van der Waals surface area contributed by atoms with Gasteiger partial charge in [-0.05, 0) is 26.8 Å². The third-order valence-corrected chi connectivity index (χ3v) is 3.09. The number of aromatic nitrogens is 4. The van der Waals surface area contributed by atoms with Crippen molar-refractivity contribution in [2.24, 2.45) is 7.05 Å². The van der Waals surface area contributed by atoms with E-state index in [-0.39, 0.29) is 12.4 Å². The van der Waals surface area contributed by atoms with Crippen molar-refractivity contribution in [2.45, 2.75) is 39.9 Å². The van der Waals surface area contributed by atoms with Crippen LogP contribution in [0.1, 0.15) is 36.8 Å². The summed E-state index contributed by atoms with van der Waals surface area (Å²) >= 11 is 0. The van der Waals surface area contributed by atoms with Crippen molar-refractivity contribution in [3.8, 4) is 0 Å². The molecule has 1 N–H and O–H groups in total. The van der Waals surface area contributed by atoms with Crippen LogP contribution in [-0.2, 0) is 20.1 Å². The molecule has 0 atom stereocenters. The van der Waals surface area contributed by atoms with E-state index in [4.69, 9.17) is 0 Å². The van der Waals surface area contributed by atoms with E-state index in [2.05, 4.69) is 42.5 Å². The number of aryl methyl sites for hydroxylation is 2. The van der Waals surface area contributed by atoms with E-state index < -0.39 is 0 Å². The topological polar surface area (TPSA) is 47.7 Å². The van der Waals surface area contributed by atoms with Crippen molar-refractivity contribution >= 4 is 12.4 Å². The normalized spacial score (nSPS) is 10.8. The maximum absolute atomic E-state index is 4.50. The minimum absolute atomic E-state index is 0. The summed E-state index contributed by atoms with van der Waals surface area (Å²) in [5.41, 5.74) is 3.54. The standard InChI is InChI=1S/C13H21N5.ClH/c1-10(2)18-9-12(11(3)16-18)7-14-8-13-5-6-15-17(13)4;/h5-6,9-10,14H,7-8H2,1-4H3;1H. The molecule has 19 heavy (non-hydrogen) atoms. The van der Waals surface area contributed by atoms with Gasteiger partial charge in [-0.3, -0.25) is 9.36 Å². The zero-order valence-corrected chi connectivity index (χ0v) is 12.7. The Bertz CT molecular complexity index is 515. The highest BCUT2D eigenvalue weighted by Crippen LogP contribution is 2.10. The van der Waals surface area contributed by atoms with Gasteiger partial charge in [0, 0.05) is 44.1 Å². The predicted molar refractivity (Wildman–Crippen MR) is 78.3 cm³/mol. The Balaban J connectivity index is 0.00000180. The lowest BCUT2D eigenvalue weighted by atomic mass is 10.2. The van der Waals surface area contributed by atoms with Gasteiger partial charge in [0.1, 0.15) is 0 Å². The van der Waals surface area contributed by atoms with Gasteiger partial charge >= 0.3 is 0 Å². The van der Waals surface area contributed by atoms with E-state index in [1.165, 1.54) is 11.3 Å². The van der Waals surface area contributed by atoms with Crippen LogP contribution < -0.4 is 5.32 Å². The summed E-state index contributed by atoms with van der Waals surface area (Å²) < 4.78 is 3.90. The molecule has 2 heterocycles. The van der Waals surface area contributed by atoms with Crippen LogP contribution in [0.3, 0.4) is 0 Å². The number of hydrogen-bond donors (Lipinski definition) is 1. The second kappa shape index (κ2) is 6.73. The fourth-order valence-electron chi connectivity index (χ4n) is 1.86. The summed E-state index contributed by atoms with van der Waals surface area (Å²) in [4.78, 5) is 0. The minimum Gasteiger partial charge on any atom is -0.307 e. The number of rotatable bonds is 5. The van der Waals surface area contributed by atoms with Crippen LogP contribution in [0.2, 0.25) is 0 Å². The summed E-state index contributed by atoms with van der Waals surface area (Å²) in [5.74, 6) is 0. The Morgan fingerprint density at radius 2 is 2.05 bits per heavy atom. The molecule has 0 aliphatic rings. The third-order valence-electron chi connectivity index (χ3n) is 3.09. The SMILES string of the molecule is Cc1nn(C(C)C)cc1CNCc1ccnn1C.Cl. The molecule has 6 heteroatoms. The van der Waals surface area contributed by atoms with Crippen molar-refractivity contribution in [3.63, 3.8) is 0 Å². The van der Waals surface area contributed by atoms with Crippen molar-refractivity contribution in [3.05, 3.63) is 35.4 Å². The molecule has 2 aromatic rings. The molecular formula is C13H22ClN5. The molecule has 0 bridgehead atoms. The summed E-state index contributed by atoms with van der Waals surface area (Å²) in [6, 6.07) is 2.44. The molecule has 0 unspecified atom stereocenters. The molecule has 106 valence electrons. The van der Waals surface area contributed by atoms with E-state index in [0.29, 0.717) is 6.04 Å². The molecule has 2 rings (SSSR count). The summed E-state index contributed by atoms with van der Waals surface area (Å²) in [6.07, 6.45) is 3.94. The van der Waals surface area contributed by atoms with Gasteiger partial charge in [-0.1, -0.05) is 0 Å². The first kappa shape index (κ1) is 15.7. The maximum atomic E-state index is 4.50. The van der Waals surface area contributed by atoms with Gasteiger partial charge in [0.25, 0.3) is 0 Å². The lowest BCUT2D eigenvalue weighted by Gasteiger charge is -2.04. The molecule has 0 saturated carbocycles. The lowest BCUT2D eigenvalue weighted by molar-refractivity contribution is 0.528. The number of hydrogen-bond acceptors (Lipinski definition) is 3. The molecule has 0 aliphatic carbocycles. The Morgan fingerprint density at radius 1 is 1.32 bits per heavy atom. The van der Waals surface area contributed by atoms with Gasteiger partial charge in [0.05, 0.1) is 11.4 Å². The van der Waals surface area contributed by atoms with Crippen molar-refractivity contribution in [2.75, 3.05) is 0 Å². The molecule has 0 radical (unpaired) electrons. The van der Waals surface area contributed by atoms with E-state index >= 15 is 0 Å². The average molecular weight is 284 g/mol. The highest BCUT2D eigenvalue weighted by molar-refractivity contribution is 5.85. The molecule has 5 nitrogen and oxygen atoms in total. The Labute approximate surface area is 120 Å². The first-order valence-corrected chi connectivity index (χ1v) is 6.30. The van der Waals surface area contributed by atoms with Gasteiger partial charge in [-0.2, -0.15) is 10.2 Å². The smallest absolute Gasteiger partial charge is 0.0638 e. The Morgan fingerprint density at radius 3 is 2.58 bits per heavy atom. The molecule has 0 amide bonds. The van der Waals surface area contributed by atoms with E-state index in [0.717, 1.165) is 18.8 Å². The van der Waals surface area contributed by atoms with Crippen LogP contribution in [0.4, 0.5) is 0 Å². The first-order valence-electron chi connectivity index (χ1n) is 6.30. The lowest BCUT2D eigenvalue weighted by Crippen LogP contribution is -2.15. The van der Waals surface area contributed by atoms with Crippen LogP contribution in [0, 0.1) is 6.92 Å². The van der Waals surface area contributed by atoms with Gasteiger partial charge in [0.15, 0.2) is 0 Å². The Hall–Kier alpha value is -1.33. The van der Waals surface area contributed by atoms with Crippen LogP contribution in [-0.4, -0.2) is 19.6 Å². The quantitative estimate of drug-likeness (QED) is 0.915. The first-order chi connectivity index (χ1) is 8.58. The molecule has 0 fully saturated rings. The zero-order chi connectivity index (χ0) is 13.1. The summed E-state index contributed by atoms with van der Waals surface area (Å²) in [7, 11) is 1.96. The summed E-state index contributed by atoms with van der Waals surface area (Å²) in [6.45, 7) is 7.99. The highest BCUT2D eigenvalue weighted by Gasteiger charge is 2.07. The Kier molecular flexibility index (Phi) is 5.57. The van der Waals surface area contributed by atoms with E-state index in [1.807, 2.05) is 28.7 Å². The minimum atomic E-state index is 0. The van der Waals surface area contributed by atoms with Crippen LogP contribution in [0.5, 0.6) is 0 Å². The monoisotopic (exact) mass is 283 g/mol. The third kappa shape index (κ3) is 3.81. The number of halogens is 1. The van der Waals surface area contributed by atoms with Gasteiger partial charge < -0.3 is 5.32 Å². The maximum Gasteiger partial charge on any atom is 0.0638 e. The van der Waals surface area contributed by atoms with E-state index in [9.17, 15) is 0 Å². The van der Waals surface area contributed by atoms with Crippen molar-refractivity contribution < 1.29 is 0 Å². The van der Waals surface area contributed by atoms with Crippen LogP contribution in [0.25, 0.3) is 0 Å². The van der Waals surface area contributed by atoms with Gasteiger partial charge in [-0.15, -0.1) is 12.4 Å². The molecule has 0 aromatic carbocycles. The predicted octanol–water partition coefficient (Wildman–Crippen LogP) is 2.22. The fourth-order valence-corrected chi connectivity index (χ4v) is 1.86. The fraction of sp³-hybridized carbons (Fsp3) is 0.538. The second-order valence-corrected chi connectivity index (χ2v) is 4.86. The molecule has 0 saturated heterocycles. The van der Waals surface area contributed by atoms with E-state index in [1.54, 1.807) is 0 Å². The number of nitrogens with zero attached hydrogens (tertiary/aromatic N) is 4. The highest BCUT2D eigenvalue weighted by atomic mass is 35.5. The van der Waals surface area contributed by atoms with Crippen LogP contribution >= 0.6 is 12.4 Å². The van der Waals surface area contributed by atoms with Crippen LogP contribution in [0.15, 0.2) is 18.5 Å². The zero-order valence-electron chi connectivity index (χ0n) is 11.9. The molecule has 2 aromatic heterocycles. The second-order valence-electron chi connectivity index (χ2n) is 4.86.